The fourth-order valence-corrected chi connectivity index (χ4v) is 2.79. The molecule has 22 heavy (non-hydrogen) atoms. The zero-order valence-corrected chi connectivity index (χ0v) is 14.7. The maximum Gasteiger partial charge on any atom is 0.254 e. The van der Waals surface area contributed by atoms with Gasteiger partial charge in [0, 0.05) is 21.9 Å². The molecule has 0 aliphatic rings. The van der Waals surface area contributed by atoms with Crippen molar-refractivity contribution in [2.75, 3.05) is 5.32 Å². The molecule has 2 rings (SSSR count). The lowest BCUT2D eigenvalue weighted by Crippen LogP contribution is -2.32. The van der Waals surface area contributed by atoms with Crippen LogP contribution in [0.25, 0.3) is 0 Å². The highest BCUT2D eigenvalue weighted by Gasteiger charge is 2.18. The van der Waals surface area contributed by atoms with Gasteiger partial charge in [-0.15, -0.1) is 0 Å². The van der Waals surface area contributed by atoms with E-state index < -0.39 is 6.04 Å². The molecule has 116 valence electrons. The fraction of sp³-hybridized carbons (Fsp3) is 0.294. The van der Waals surface area contributed by atoms with E-state index in [-0.39, 0.29) is 11.5 Å². The normalized spacial score (nSPS) is 12.0. The Kier molecular flexibility index (Phi) is 4.86. The summed E-state index contributed by atoms with van der Waals surface area (Å²) >= 11 is 3.36. The third-order valence-corrected chi connectivity index (χ3v) is 4.07. The highest BCUT2D eigenvalue weighted by Crippen LogP contribution is 2.19. The van der Waals surface area contributed by atoms with Crippen LogP contribution in [0.15, 0.2) is 39.7 Å². The van der Waals surface area contributed by atoms with Crippen LogP contribution in [0.4, 0.5) is 5.69 Å². The van der Waals surface area contributed by atoms with Gasteiger partial charge in [0.2, 0.25) is 5.91 Å². The molecule has 1 N–H and O–H groups in total. The number of pyridine rings is 1. The molecule has 5 heteroatoms. The van der Waals surface area contributed by atoms with E-state index in [0.29, 0.717) is 5.56 Å². The molecule has 0 radical (unpaired) electrons. The first kappa shape index (κ1) is 16.5. The Morgan fingerprint density at radius 1 is 1.18 bits per heavy atom. The molecule has 4 nitrogen and oxygen atoms in total. The second-order valence-corrected chi connectivity index (χ2v) is 6.45. The Morgan fingerprint density at radius 2 is 1.86 bits per heavy atom. The number of carbonyl (C=O) groups excluding carboxylic acids is 1. The van der Waals surface area contributed by atoms with Crippen LogP contribution < -0.4 is 10.9 Å². The molecule has 2 aromatic rings. The van der Waals surface area contributed by atoms with E-state index in [9.17, 15) is 9.59 Å². The molecule has 1 amide bonds. The maximum atomic E-state index is 12.5. The first-order valence-corrected chi connectivity index (χ1v) is 7.85. The van der Waals surface area contributed by atoms with Crippen LogP contribution in [0.2, 0.25) is 0 Å². The maximum absolute atomic E-state index is 12.5. The van der Waals surface area contributed by atoms with Gasteiger partial charge >= 0.3 is 0 Å². The van der Waals surface area contributed by atoms with Crippen molar-refractivity contribution in [3.63, 3.8) is 0 Å². The minimum atomic E-state index is -0.594. The molecule has 0 saturated heterocycles. The number of nitrogens with one attached hydrogen (secondary N) is 1. The van der Waals surface area contributed by atoms with E-state index in [4.69, 9.17) is 0 Å². The summed E-state index contributed by atoms with van der Waals surface area (Å²) in [6.07, 6.45) is 1.64. The number of halogens is 1. The number of anilines is 1. The van der Waals surface area contributed by atoms with Gasteiger partial charge in [-0.1, -0.05) is 12.1 Å². The zero-order chi connectivity index (χ0) is 16.4. The molecule has 0 fully saturated rings. The van der Waals surface area contributed by atoms with Gasteiger partial charge in [0.1, 0.15) is 6.04 Å². The Balaban J connectivity index is 2.30. The van der Waals surface area contributed by atoms with E-state index in [0.717, 1.165) is 21.3 Å². The van der Waals surface area contributed by atoms with Crippen molar-refractivity contribution in [3.8, 4) is 0 Å². The van der Waals surface area contributed by atoms with E-state index >= 15 is 0 Å². The van der Waals surface area contributed by atoms with Crippen molar-refractivity contribution in [2.24, 2.45) is 0 Å². The lowest BCUT2D eigenvalue weighted by Gasteiger charge is -2.17. The predicted molar refractivity (Wildman–Crippen MR) is 92.4 cm³/mol. The summed E-state index contributed by atoms with van der Waals surface area (Å²) in [6, 6.07) is 7.04. The summed E-state index contributed by atoms with van der Waals surface area (Å²) < 4.78 is 2.22. The van der Waals surface area contributed by atoms with Crippen molar-refractivity contribution < 1.29 is 4.79 Å². The van der Waals surface area contributed by atoms with Gasteiger partial charge in [0.05, 0.1) is 0 Å². The smallest absolute Gasteiger partial charge is 0.254 e. The van der Waals surface area contributed by atoms with Gasteiger partial charge in [0.25, 0.3) is 5.56 Å². The molecule has 0 aliphatic carbocycles. The van der Waals surface area contributed by atoms with Gasteiger partial charge < -0.3 is 9.88 Å². The predicted octanol–water partition coefficient (Wildman–Crippen LogP) is 3.74. The number of aromatic nitrogens is 1. The summed E-state index contributed by atoms with van der Waals surface area (Å²) in [4.78, 5) is 24.7. The number of aryl methyl sites for hydroxylation is 3. The van der Waals surface area contributed by atoms with Crippen LogP contribution in [0, 0.1) is 20.8 Å². The highest BCUT2D eigenvalue weighted by atomic mass is 79.9. The average molecular weight is 363 g/mol. The van der Waals surface area contributed by atoms with Crippen molar-refractivity contribution in [1.29, 1.82) is 0 Å². The first-order chi connectivity index (χ1) is 10.3. The molecule has 0 saturated carbocycles. The van der Waals surface area contributed by atoms with E-state index in [1.165, 1.54) is 4.57 Å². The van der Waals surface area contributed by atoms with E-state index in [1.54, 1.807) is 26.1 Å². The van der Waals surface area contributed by atoms with Crippen molar-refractivity contribution in [2.45, 2.75) is 33.7 Å². The monoisotopic (exact) mass is 362 g/mol. The lowest BCUT2D eigenvalue weighted by molar-refractivity contribution is -0.118. The highest BCUT2D eigenvalue weighted by molar-refractivity contribution is 9.10. The average Bonchev–Trinajstić information content (AvgIpc) is 2.45. The lowest BCUT2D eigenvalue weighted by atomic mass is 10.1. The molecule has 0 aliphatic heterocycles. The number of hydrogen-bond acceptors (Lipinski definition) is 2. The number of hydrogen-bond donors (Lipinski definition) is 1. The van der Waals surface area contributed by atoms with Crippen LogP contribution in [-0.4, -0.2) is 10.5 Å². The molecule has 0 bridgehead atoms. The van der Waals surface area contributed by atoms with Crippen LogP contribution in [0.5, 0.6) is 0 Å². The second kappa shape index (κ2) is 6.48. The van der Waals surface area contributed by atoms with E-state index in [2.05, 4.69) is 21.2 Å². The summed E-state index contributed by atoms with van der Waals surface area (Å²) in [5.41, 5.74) is 3.28. The Morgan fingerprint density at radius 3 is 2.55 bits per heavy atom. The van der Waals surface area contributed by atoms with Crippen LogP contribution in [0.1, 0.15) is 29.7 Å². The number of carbonyl (C=O) groups is 1. The zero-order valence-electron chi connectivity index (χ0n) is 13.1. The topological polar surface area (TPSA) is 51.1 Å². The van der Waals surface area contributed by atoms with Gasteiger partial charge in [-0.05, 0) is 66.9 Å². The molecule has 1 aromatic heterocycles. The van der Waals surface area contributed by atoms with Gasteiger partial charge in [-0.2, -0.15) is 0 Å². The molecule has 0 spiro atoms. The minimum Gasteiger partial charge on any atom is -0.324 e. The number of benzene rings is 1. The van der Waals surface area contributed by atoms with Crippen molar-refractivity contribution >= 4 is 27.5 Å². The number of amides is 1. The number of rotatable bonds is 3. The molecule has 1 atom stereocenters. The molecule has 1 heterocycles. The van der Waals surface area contributed by atoms with Gasteiger partial charge in [-0.3, -0.25) is 9.59 Å². The van der Waals surface area contributed by atoms with Gasteiger partial charge in [0.15, 0.2) is 0 Å². The standard InChI is InChI=1S/C17H19BrN2O2/c1-10-5-6-11(2)15(7-10)19-16(21)13(4)20-9-14(18)8-12(3)17(20)22/h5-9,13H,1-4H3,(H,19,21). The molecular weight excluding hydrogens is 344 g/mol. The van der Waals surface area contributed by atoms with Crippen LogP contribution in [0.3, 0.4) is 0 Å². The quantitative estimate of drug-likeness (QED) is 0.903. The van der Waals surface area contributed by atoms with Crippen molar-refractivity contribution in [1.82, 2.24) is 4.57 Å². The SMILES string of the molecule is Cc1ccc(C)c(NC(=O)C(C)n2cc(Br)cc(C)c2=O)c1. The molecule has 1 aromatic carbocycles. The summed E-state index contributed by atoms with van der Waals surface area (Å²) in [6.45, 7) is 7.36. The fourth-order valence-electron chi connectivity index (χ4n) is 2.22. The number of nitrogens with zero attached hydrogens (tertiary/aromatic N) is 1. The largest absolute Gasteiger partial charge is 0.324 e. The van der Waals surface area contributed by atoms with E-state index in [1.807, 2.05) is 32.0 Å². The third kappa shape index (κ3) is 3.47. The second-order valence-electron chi connectivity index (χ2n) is 5.54. The van der Waals surface area contributed by atoms with Crippen LogP contribution >= 0.6 is 15.9 Å². The Hall–Kier alpha value is -1.88. The summed E-state index contributed by atoms with van der Waals surface area (Å²) in [5.74, 6) is -0.215. The Labute approximate surface area is 138 Å². The molecular formula is C17H19BrN2O2. The minimum absolute atomic E-state index is 0.160. The van der Waals surface area contributed by atoms with Crippen molar-refractivity contribution in [3.05, 3.63) is 62.0 Å². The first-order valence-electron chi connectivity index (χ1n) is 7.06. The summed E-state index contributed by atoms with van der Waals surface area (Å²) in [7, 11) is 0. The molecule has 1 unspecified atom stereocenters. The summed E-state index contributed by atoms with van der Waals surface area (Å²) in [5, 5.41) is 2.90. The van der Waals surface area contributed by atoms with Gasteiger partial charge in [-0.25, -0.2) is 0 Å². The van der Waals surface area contributed by atoms with Crippen LogP contribution in [-0.2, 0) is 4.79 Å². The third-order valence-electron chi connectivity index (χ3n) is 3.64. The Bertz CT molecular complexity index is 781.